The molecule has 3 amide bonds. The summed E-state index contributed by atoms with van der Waals surface area (Å²) in [5.41, 5.74) is 2.37. The molecular weight excluding hydrogens is 336 g/mol. The van der Waals surface area contributed by atoms with Gasteiger partial charge in [-0.25, -0.2) is 4.79 Å². The number of anilines is 2. The van der Waals surface area contributed by atoms with Crippen LogP contribution in [0.15, 0.2) is 18.2 Å². The summed E-state index contributed by atoms with van der Waals surface area (Å²) in [6.45, 7) is 2.25. The van der Waals surface area contributed by atoms with Crippen molar-refractivity contribution in [1.29, 1.82) is 0 Å². The first kappa shape index (κ1) is 19.6. The van der Waals surface area contributed by atoms with Crippen LogP contribution in [0.1, 0.15) is 18.4 Å². The summed E-state index contributed by atoms with van der Waals surface area (Å²) in [5.74, 6) is 2.14. The number of carbonyl (C=O) groups is 2. The lowest BCUT2D eigenvalue weighted by molar-refractivity contribution is -0.116. The number of benzene rings is 1. The maximum Gasteiger partial charge on any atom is 0.321 e. The Kier molecular flexibility index (Phi) is 7.13. The largest absolute Gasteiger partial charge is 0.325 e. The predicted octanol–water partition coefficient (Wildman–Crippen LogP) is 2.85. The molecule has 1 aliphatic heterocycles. The molecule has 0 aromatic heterocycles. The zero-order chi connectivity index (χ0) is 18.4. The molecule has 1 aromatic carbocycles. The van der Waals surface area contributed by atoms with Crippen molar-refractivity contribution in [3.8, 4) is 0 Å². The fourth-order valence-electron chi connectivity index (χ4n) is 2.76. The maximum absolute atomic E-state index is 12.5. The van der Waals surface area contributed by atoms with Gasteiger partial charge in [0.25, 0.3) is 0 Å². The molecule has 0 bridgehead atoms. The second-order valence-electron chi connectivity index (χ2n) is 6.70. The summed E-state index contributed by atoms with van der Waals surface area (Å²) in [6, 6.07) is 5.76. The average molecular weight is 365 g/mol. The van der Waals surface area contributed by atoms with Crippen molar-refractivity contribution >= 4 is 35.1 Å². The Labute approximate surface area is 154 Å². The van der Waals surface area contributed by atoms with E-state index >= 15 is 0 Å². The summed E-state index contributed by atoms with van der Waals surface area (Å²) in [7, 11) is 5.55. The molecule has 0 spiro atoms. The Balaban J connectivity index is 2.00. The maximum atomic E-state index is 12.5. The van der Waals surface area contributed by atoms with Crippen molar-refractivity contribution in [2.24, 2.45) is 0 Å². The van der Waals surface area contributed by atoms with E-state index in [9.17, 15) is 9.59 Å². The molecular formula is C18H28N4O2S. The Morgan fingerprint density at radius 1 is 1.16 bits per heavy atom. The van der Waals surface area contributed by atoms with Gasteiger partial charge in [-0.2, -0.15) is 11.8 Å². The van der Waals surface area contributed by atoms with Crippen molar-refractivity contribution in [3.05, 3.63) is 23.8 Å². The first-order valence-corrected chi connectivity index (χ1v) is 9.69. The highest BCUT2D eigenvalue weighted by molar-refractivity contribution is 7.99. The zero-order valence-electron chi connectivity index (χ0n) is 15.5. The fourth-order valence-corrected chi connectivity index (χ4v) is 3.84. The van der Waals surface area contributed by atoms with E-state index in [0.717, 1.165) is 35.6 Å². The summed E-state index contributed by atoms with van der Waals surface area (Å²) in [4.78, 5) is 28.1. The van der Waals surface area contributed by atoms with Crippen molar-refractivity contribution in [3.63, 3.8) is 0 Å². The minimum Gasteiger partial charge on any atom is -0.325 e. The quantitative estimate of drug-likeness (QED) is 0.843. The first-order chi connectivity index (χ1) is 11.9. The monoisotopic (exact) mass is 364 g/mol. The molecule has 25 heavy (non-hydrogen) atoms. The zero-order valence-corrected chi connectivity index (χ0v) is 16.3. The number of aryl methyl sites for hydroxylation is 1. The molecule has 0 aliphatic carbocycles. The van der Waals surface area contributed by atoms with E-state index in [4.69, 9.17) is 0 Å². The number of likely N-dealkylation sites (N-methyl/N-ethyl adjacent to an activating group) is 1. The van der Waals surface area contributed by atoms with Crippen LogP contribution >= 0.6 is 11.8 Å². The lowest BCUT2D eigenvalue weighted by atomic mass is 10.1. The molecule has 138 valence electrons. The van der Waals surface area contributed by atoms with E-state index in [0.29, 0.717) is 18.3 Å². The third-order valence-electron chi connectivity index (χ3n) is 4.28. The van der Waals surface area contributed by atoms with Gasteiger partial charge in [0.05, 0.1) is 6.54 Å². The minimum atomic E-state index is -0.105. The molecule has 1 aromatic rings. The Morgan fingerprint density at radius 2 is 1.84 bits per heavy atom. The number of urea groups is 1. The van der Waals surface area contributed by atoms with Crippen LogP contribution in [0.25, 0.3) is 0 Å². The molecule has 6 nitrogen and oxygen atoms in total. The molecule has 1 aliphatic rings. The molecule has 1 fully saturated rings. The predicted molar refractivity (Wildman–Crippen MR) is 105 cm³/mol. The molecule has 2 rings (SSSR count). The highest BCUT2D eigenvalue weighted by Crippen LogP contribution is 2.23. The fraction of sp³-hybridized carbons (Fsp3) is 0.556. The lowest BCUT2D eigenvalue weighted by Crippen LogP contribution is -2.41. The molecule has 0 radical (unpaired) electrons. The highest BCUT2D eigenvalue weighted by atomic mass is 32.2. The Bertz CT molecular complexity index is 615. The lowest BCUT2D eigenvalue weighted by Gasteiger charge is -2.31. The van der Waals surface area contributed by atoms with E-state index < -0.39 is 0 Å². The van der Waals surface area contributed by atoms with Crippen LogP contribution in [0.4, 0.5) is 16.2 Å². The Hall–Kier alpha value is -1.73. The second kappa shape index (κ2) is 9.10. The number of amides is 3. The van der Waals surface area contributed by atoms with Gasteiger partial charge in [0.1, 0.15) is 0 Å². The van der Waals surface area contributed by atoms with Gasteiger partial charge in [-0.3, -0.25) is 4.79 Å². The van der Waals surface area contributed by atoms with Gasteiger partial charge in [0, 0.05) is 24.5 Å². The van der Waals surface area contributed by atoms with E-state index in [1.165, 1.54) is 0 Å². The van der Waals surface area contributed by atoms with E-state index in [1.807, 2.05) is 62.9 Å². The van der Waals surface area contributed by atoms with Gasteiger partial charge in [0.15, 0.2) is 0 Å². The third-order valence-corrected chi connectivity index (χ3v) is 5.33. The van der Waals surface area contributed by atoms with E-state index in [2.05, 4.69) is 10.6 Å². The smallest absolute Gasteiger partial charge is 0.321 e. The third kappa shape index (κ3) is 5.93. The highest BCUT2D eigenvalue weighted by Gasteiger charge is 2.22. The van der Waals surface area contributed by atoms with Gasteiger partial charge < -0.3 is 20.4 Å². The van der Waals surface area contributed by atoms with Crippen LogP contribution < -0.4 is 10.6 Å². The summed E-state index contributed by atoms with van der Waals surface area (Å²) >= 11 is 1.94. The van der Waals surface area contributed by atoms with Crippen LogP contribution in [0, 0.1) is 6.92 Å². The van der Waals surface area contributed by atoms with Crippen molar-refractivity contribution < 1.29 is 9.59 Å². The van der Waals surface area contributed by atoms with Crippen molar-refractivity contribution in [2.75, 3.05) is 49.8 Å². The molecule has 1 heterocycles. The first-order valence-electron chi connectivity index (χ1n) is 8.53. The topological polar surface area (TPSA) is 64.7 Å². The van der Waals surface area contributed by atoms with Crippen molar-refractivity contribution in [1.82, 2.24) is 9.80 Å². The van der Waals surface area contributed by atoms with Gasteiger partial charge in [-0.1, -0.05) is 6.07 Å². The van der Waals surface area contributed by atoms with Gasteiger partial charge >= 0.3 is 6.03 Å². The van der Waals surface area contributed by atoms with E-state index in [1.54, 1.807) is 4.90 Å². The number of nitrogens with zero attached hydrogens (tertiary/aromatic N) is 2. The second-order valence-corrected chi connectivity index (χ2v) is 7.93. The molecule has 1 saturated heterocycles. The number of hydrogen-bond acceptors (Lipinski definition) is 4. The summed E-state index contributed by atoms with van der Waals surface area (Å²) in [5, 5.41) is 5.84. The standard InChI is InChI=1S/C18H28N4O2S/c1-13-5-6-14(11-16(13)20-17(23)12-21(2)3)19-18(24)22(4)15-7-9-25-10-8-15/h5-6,11,15H,7-10,12H2,1-4H3,(H,19,24)(H,20,23). The summed E-state index contributed by atoms with van der Waals surface area (Å²) < 4.78 is 0. The van der Waals surface area contributed by atoms with Crippen molar-refractivity contribution in [2.45, 2.75) is 25.8 Å². The number of carbonyl (C=O) groups excluding carboxylic acids is 2. The average Bonchev–Trinajstić information content (AvgIpc) is 2.57. The number of hydrogen-bond donors (Lipinski definition) is 2. The van der Waals surface area contributed by atoms with Crippen LogP contribution in [0.2, 0.25) is 0 Å². The minimum absolute atomic E-state index is 0.0756. The van der Waals surface area contributed by atoms with Crippen LogP contribution in [0.5, 0.6) is 0 Å². The Morgan fingerprint density at radius 3 is 2.48 bits per heavy atom. The SMILES string of the molecule is Cc1ccc(NC(=O)N(C)C2CCSCC2)cc1NC(=O)CN(C)C. The molecule has 0 saturated carbocycles. The van der Waals surface area contributed by atoms with Crippen LogP contribution in [-0.4, -0.2) is 67.0 Å². The van der Waals surface area contributed by atoms with Crippen LogP contribution in [-0.2, 0) is 4.79 Å². The number of nitrogens with one attached hydrogen (secondary N) is 2. The normalized spacial score (nSPS) is 15.1. The molecule has 0 atom stereocenters. The van der Waals surface area contributed by atoms with Gasteiger partial charge in [0.2, 0.25) is 5.91 Å². The molecule has 0 unspecified atom stereocenters. The van der Waals surface area contributed by atoms with E-state index in [-0.39, 0.29) is 11.9 Å². The summed E-state index contributed by atoms with van der Waals surface area (Å²) in [6.07, 6.45) is 2.07. The van der Waals surface area contributed by atoms with Gasteiger partial charge in [-0.15, -0.1) is 0 Å². The number of thioether (sulfide) groups is 1. The molecule has 7 heteroatoms. The molecule has 2 N–H and O–H groups in total. The van der Waals surface area contributed by atoms with Crippen LogP contribution in [0.3, 0.4) is 0 Å². The number of rotatable bonds is 5. The van der Waals surface area contributed by atoms with Gasteiger partial charge in [-0.05, 0) is 63.1 Å².